The van der Waals surface area contributed by atoms with Gasteiger partial charge in [-0.15, -0.1) is 0 Å². The summed E-state index contributed by atoms with van der Waals surface area (Å²) >= 11 is 0. The Morgan fingerprint density at radius 1 is 1.32 bits per heavy atom. The number of rotatable bonds is 11. The van der Waals surface area contributed by atoms with Crippen molar-refractivity contribution in [2.75, 3.05) is 32.2 Å². The Hall–Kier alpha value is -3.16. The van der Waals surface area contributed by atoms with Crippen LogP contribution in [0.1, 0.15) is 32.8 Å². The molecule has 3 heterocycles. The maximum absolute atomic E-state index is 16.0. The maximum atomic E-state index is 16.0. The van der Waals surface area contributed by atoms with Crippen molar-refractivity contribution in [2.24, 2.45) is 0 Å². The number of hydrogen-bond donors (Lipinski definition) is 2. The molecule has 40 heavy (non-hydrogen) atoms. The van der Waals surface area contributed by atoms with E-state index < -0.39 is 50.5 Å². The normalized spacial score (nSPS) is 24.9. The van der Waals surface area contributed by atoms with Gasteiger partial charge in [-0.2, -0.15) is 5.09 Å². The van der Waals surface area contributed by atoms with Gasteiger partial charge in [0.1, 0.15) is 29.8 Å². The molecule has 1 fully saturated rings. The van der Waals surface area contributed by atoms with Crippen LogP contribution < -0.4 is 14.5 Å². The van der Waals surface area contributed by atoms with Gasteiger partial charge >= 0.3 is 13.7 Å². The molecular weight excluding hydrogens is 546 g/mol. The number of hydrogen-bond acceptors (Lipinski definition) is 11. The van der Waals surface area contributed by atoms with Crippen molar-refractivity contribution >= 4 is 30.7 Å². The summed E-state index contributed by atoms with van der Waals surface area (Å²) in [5, 5.41) is 13.4. The number of nitrogens with zero attached hydrogens (tertiary/aromatic N) is 5. The molecule has 2 N–H and O–H groups in total. The van der Waals surface area contributed by atoms with Crippen molar-refractivity contribution in [1.82, 2.24) is 24.6 Å². The third-order valence-corrected chi connectivity index (χ3v) is 7.92. The number of aliphatic hydroxyl groups excluding tert-OH is 1. The summed E-state index contributed by atoms with van der Waals surface area (Å²) in [4.78, 5) is 27.1. The molecule has 0 unspecified atom stereocenters. The fourth-order valence-electron chi connectivity index (χ4n) is 4.28. The molecule has 2 aromatic heterocycles. The van der Waals surface area contributed by atoms with Gasteiger partial charge in [-0.05, 0) is 39.8 Å². The number of anilines is 1. The summed E-state index contributed by atoms with van der Waals surface area (Å²) in [5.74, 6) is 0.517. The predicted octanol–water partition coefficient (Wildman–Crippen LogP) is 2.93. The average molecular weight is 581 g/mol. The van der Waals surface area contributed by atoms with E-state index in [-0.39, 0.29) is 12.4 Å². The molecule has 15 heteroatoms. The predicted molar refractivity (Wildman–Crippen MR) is 144 cm³/mol. The lowest BCUT2D eigenvalue weighted by atomic mass is 9.98. The lowest BCUT2D eigenvalue weighted by Crippen LogP contribution is -2.41. The number of carbonyl (C=O) groups is 1. The topological polar surface area (TPSA) is 150 Å². The zero-order valence-electron chi connectivity index (χ0n) is 23.1. The lowest BCUT2D eigenvalue weighted by Gasteiger charge is -2.25. The smallest absolute Gasteiger partial charge is 0.459 e. The number of benzene rings is 1. The number of fused-ring (bicyclic) bond motifs is 1. The van der Waals surface area contributed by atoms with Crippen molar-refractivity contribution < 1.29 is 37.4 Å². The van der Waals surface area contributed by atoms with Gasteiger partial charge in [0.2, 0.25) is 0 Å². The molecule has 218 valence electrons. The molecule has 13 nitrogen and oxygen atoms in total. The van der Waals surface area contributed by atoms with E-state index in [4.69, 9.17) is 18.5 Å². The van der Waals surface area contributed by atoms with E-state index in [0.29, 0.717) is 22.8 Å². The second kappa shape index (κ2) is 11.8. The number of halogens is 1. The van der Waals surface area contributed by atoms with Gasteiger partial charge in [0.05, 0.1) is 19.5 Å². The summed E-state index contributed by atoms with van der Waals surface area (Å²) in [7, 11) is -0.647. The van der Waals surface area contributed by atoms with Crippen LogP contribution in [0.2, 0.25) is 0 Å². The van der Waals surface area contributed by atoms with E-state index >= 15 is 4.39 Å². The third-order valence-electron chi connectivity index (χ3n) is 6.28. The molecule has 1 aliphatic rings. The van der Waals surface area contributed by atoms with Crippen LogP contribution in [0.3, 0.4) is 0 Å². The zero-order valence-corrected chi connectivity index (χ0v) is 24.0. The molecule has 0 saturated carbocycles. The summed E-state index contributed by atoms with van der Waals surface area (Å²) in [5.41, 5.74) is -1.56. The first-order valence-corrected chi connectivity index (χ1v) is 14.2. The van der Waals surface area contributed by atoms with Crippen LogP contribution in [0.15, 0.2) is 36.7 Å². The van der Waals surface area contributed by atoms with Gasteiger partial charge in [0.25, 0.3) is 0 Å². The number of carbonyl (C=O) groups excluding carboxylic acids is 1. The Bertz CT molecular complexity index is 1390. The van der Waals surface area contributed by atoms with Crippen molar-refractivity contribution in [3.63, 3.8) is 0 Å². The highest BCUT2D eigenvalue weighted by atomic mass is 31.2. The molecule has 0 aliphatic carbocycles. The second-order valence-corrected chi connectivity index (χ2v) is 11.4. The molecule has 0 amide bonds. The second-order valence-electron chi connectivity index (χ2n) is 9.74. The molecular formula is C25H34FN6O7P. The summed E-state index contributed by atoms with van der Waals surface area (Å²) < 4.78 is 53.2. The van der Waals surface area contributed by atoms with E-state index in [1.165, 1.54) is 24.7 Å². The minimum Gasteiger partial charge on any atom is -0.465 e. The molecule has 3 aromatic rings. The Kier molecular flexibility index (Phi) is 8.76. The quantitative estimate of drug-likeness (QED) is 0.254. The summed E-state index contributed by atoms with van der Waals surface area (Å²) in [6.45, 7) is 5.56. The number of esters is 1. The Morgan fingerprint density at radius 2 is 2.02 bits per heavy atom. The molecule has 0 bridgehead atoms. The third kappa shape index (κ3) is 6.11. The first-order valence-electron chi connectivity index (χ1n) is 12.7. The summed E-state index contributed by atoms with van der Waals surface area (Å²) in [6, 6.07) is 7.12. The van der Waals surface area contributed by atoms with E-state index in [1.807, 2.05) is 0 Å². The SMILES string of the molecule is CCOC(=O)[C@@H](C)N[P@](=O)(OC[C@H]1O[C@@H](n2cnc3c(N(C)C)nc(C)nc32)[C@](C)(F)[C@@H]1O)Oc1ccccc1. The number of aliphatic hydroxyl groups is 1. The van der Waals surface area contributed by atoms with Crippen LogP contribution in [0.5, 0.6) is 5.75 Å². The molecule has 1 saturated heterocycles. The van der Waals surface area contributed by atoms with Gasteiger partial charge in [0.15, 0.2) is 28.9 Å². The van der Waals surface area contributed by atoms with Gasteiger partial charge in [-0.3, -0.25) is 13.9 Å². The first kappa shape index (κ1) is 29.8. The van der Waals surface area contributed by atoms with Gasteiger partial charge in [-0.25, -0.2) is 23.9 Å². The minimum atomic E-state index is -4.25. The number of alkyl halides is 1. The fraction of sp³-hybridized carbons (Fsp3) is 0.520. The van der Waals surface area contributed by atoms with Crippen molar-refractivity contribution in [3.05, 3.63) is 42.5 Å². The number of ether oxygens (including phenoxy) is 2. The Balaban J connectivity index is 1.58. The van der Waals surface area contributed by atoms with E-state index in [1.54, 1.807) is 63.2 Å². The van der Waals surface area contributed by atoms with Crippen LogP contribution in [0, 0.1) is 6.92 Å². The highest BCUT2D eigenvalue weighted by Gasteiger charge is 2.56. The van der Waals surface area contributed by atoms with Crippen molar-refractivity contribution in [1.29, 1.82) is 0 Å². The number of nitrogens with one attached hydrogen (secondary N) is 1. The molecule has 0 spiro atoms. The van der Waals surface area contributed by atoms with Crippen LogP contribution in [-0.4, -0.2) is 81.8 Å². The molecule has 1 aliphatic heterocycles. The monoisotopic (exact) mass is 580 g/mol. The van der Waals surface area contributed by atoms with E-state index in [0.717, 1.165) is 0 Å². The van der Waals surface area contributed by atoms with Gasteiger partial charge in [0, 0.05) is 14.1 Å². The van der Waals surface area contributed by atoms with Crippen LogP contribution in [0.4, 0.5) is 10.2 Å². The molecule has 4 rings (SSSR count). The van der Waals surface area contributed by atoms with E-state index in [9.17, 15) is 14.5 Å². The Labute approximate surface area is 231 Å². The number of imidazole rings is 1. The van der Waals surface area contributed by atoms with Crippen molar-refractivity contribution in [2.45, 2.75) is 57.8 Å². The van der Waals surface area contributed by atoms with Crippen LogP contribution in [0.25, 0.3) is 11.2 Å². The zero-order chi connectivity index (χ0) is 29.2. The molecule has 6 atom stereocenters. The maximum Gasteiger partial charge on any atom is 0.459 e. The number of aromatic nitrogens is 4. The Morgan fingerprint density at radius 3 is 2.67 bits per heavy atom. The molecule has 0 radical (unpaired) electrons. The first-order chi connectivity index (χ1) is 18.9. The highest BCUT2D eigenvalue weighted by molar-refractivity contribution is 7.52. The van der Waals surface area contributed by atoms with Crippen LogP contribution >= 0.6 is 7.75 Å². The average Bonchev–Trinajstić information content (AvgIpc) is 3.40. The highest BCUT2D eigenvalue weighted by Crippen LogP contribution is 2.48. The fourth-order valence-corrected chi connectivity index (χ4v) is 5.78. The number of aryl methyl sites for hydroxylation is 1. The minimum absolute atomic E-state index is 0.123. The van der Waals surface area contributed by atoms with Crippen molar-refractivity contribution in [3.8, 4) is 5.75 Å². The van der Waals surface area contributed by atoms with E-state index in [2.05, 4.69) is 20.0 Å². The standard InChI is InChI=1S/C25H34FN6O7P/c1-7-36-23(34)15(2)30-40(35,39-17-11-9-8-10-12-17)37-13-18-20(33)25(4,26)24(38-18)32-14-27-19-21(31(5)6)28-16(3)29-22(19)32/h8-12,14-15,18,20,24,33H,7,13H2,1-6H3,(H,30,35)/t15-,18-,20-,24-,25-,40+/m1/s1. The molecule has 1 aromatic carbocycles. The largest absolute Gasteiger partial charge is 0.465 e. The van der Waals surface area contributed by atoms with Gasteiger partial charge in [-0.1, -0.05) is 18.2 Å². The van der Waals surface area contributed by atoms with Gasteiger partial charge < -0.3 is 24.0 Å². The number of para-hydroxylation sites is 1. The summed E-state index contributed by atoms with van der Waals surface area (Å²) in [6.07, 6.45) is -2.91. The van der Waals surface area contributed by atoms with Crippen LogP contribution in [-0.2, 0) is 23.4 Å². The lowest BCUT2D eigenvalue weighted by molar-refractivity contribution is -0.144.